The van der Waals surface area contributed by atoms with Gasteiger partial charge in [-0.15, -0.1) is 0 Å². The van der Waals surface area contributed by atoms with Gasteiger partial charge in [0.05, 0.1) is 35.9 Å². The van der Waals surface area contributed by atoms with Gasteiger partial charge in [0.1, 0.15) is 11.1 Å². The maximum atomic E-state index is 14.3. The van der Waals surface area contributed by atoms with E-state index in [-0.39, 0.29) is 39.8 Å². The lowest BCUT2D eigenvalue weighted by molar-refractivity contribution is 0.0154. The van der Waals surface area contributed by atoms with Gasteiger partial charge in [0.2, 0.25) is 11.7 Å². The third-order valence-corrected chi connectivity index (χ3v) is 6.41. The van der Waals surface area contributed by atoms with E-state index >= 15 is 0 Å². The Balaban J connectivity index is 1.39. The van der Waals surface area contributed by atoms with Crippen molar-refractivity contribution in [2.75, 3.05) is 11.9 Å². The Labute approximate surface area is 188 Å². The number of amides is 1. The van der Waals surface area contributed by atoms with E-state index in [0.29, 0.717) is 12.4 Å². The Hall–Kier alpha value is -3.53. The van der Waals surface area contributed by atoms with E-state index in [1.807, 2.05) is 20.0 Å². The lowest BCUT2D eigenvalue weighted by Gasteiger charge is -2.41. The summed E-state index contributed by atoms with van der Waals surface area (Å²) in [5, 5.41) is 6.85. The number of ether oxygens (including phenoxy) is 2. The number of fused-ring (bicyclic) bond motifs is 3. The number of halogens is 1. The highest BCUT2D eigenvalue weighted by atomic mass is 19.1. The molecule has 3 aliphatic rings. The van der Waals surface area contributed by atoms with Crippen LogP contribution >= 0.6 is 0 Å². The monoisotopic (exact) mass is 450 g/mol. The molecule has 7 rings (SSSR count). The highest BCUT2D eigenvalue weighted by Crippen LogP contribution is 2.58. The van der Waals surface area contributed by atoms with E-state index < -0.39 is 11.7 Å². The quantitative estimate of drug-likeness (QED) is 0.501. The number of rotatable bonds is 5. The van der Waals surface area contributed by atoms with Crippen molar-refractivity contribution in [2.45, 2.75) is 50.7 Å². The van der Waals surface area contributed by atoms with Crippen molar-refractivity contribution in [1.82, 2.24) is 24.0 Å². The second-order valence-corrected chi connectivity index (χ2v) is 9.49. The molecule has 0 unspecified atom stereocenters. The number of aromatic nitrogens is 5. The number of nitrogens with zero attached hydrogens (tertiary/aromatic N) is 5. The molecule has 2 bridgehead atoms. The van der Waals surface area contributed by atoms with Crippen molar-refractivity contribution in [1.29, 1.82) is 0 Å². The average Bonchev–Trinajstić information content (AvgIpc) is 3.48. The summed E-state index contributed by atoms with van der Waals surface area (Å²) < 4.78 is 29.2. The van der Waals surface area contributed by atoms with E-state index in [0.717, 1.165) is 18.5 Å². The zero-order valence-corrected chi connectivity index (χ0v) is 18.5. The van der Waals surface area contributed by atoms with Crippen molar-refractivity contribution >= 4 is 22.9 Å². The molecule has 170 valence electrons. The molecular formula is C23H23FN6O3. The van der Waals surface area contributed by atoms with Crippen LogP contribution in [0.2, 0.25) is 0 Å². The molecule has 2 saturated heterocycles. The van der Waals surface area contributed by atoms with Gasteiger partial charge in [-0.3, -0.25) is 9.20 Å². The Morgan fingerprint density at radius 1 is 1.30 bits per heavy atom. The number of imidazole rings is 1. The molecule has 10 heteroatoms. The van der Waals surface area contributed by atoms with Gasteiger partial charge in [0.15, 0.2) is 5.82 Å². The van der Waals surface area contributed by atoms with Gasteiger partial charge in [0, 0.05) is 24.0 Å². The van der Waals surface area contributed by atoms with Crippen LogP contribution in [0.25, 0.3) is 11.3 Å². The van der Waals surface area contributed by atoms with E-state index in [1.54, 1.807) is 22.9 Å². The van der Waals surface area contributed by atoms with Gasteiger partial charge >= 0.3 is 0 Å². The number of hydrogen-bond acceptors (Lipinski definition) is 6. The molecule has 0 radical (unpaired) electrons. The van der Waals surface area contributed by atoms with Crippen molar-refractivity contribution in [3.8, 4) is 5.88 Å². The first-order valence-corrected chi connectivity index (χ1v) is 10.9. The first-order chi connectivity index (χ1) is 15.8. The van der Waals surface area contributed by atoms with Crippen molar-refractivity contribution < 1.29 is 18.7 Å². The molecule has 0 spiro atoms. The Kier molecular flexibility index (Phi) is 4.10. The van der Waals surface area contributed by atoms with Crippen LogP contribution in [0, 0.1) is 5.82 Å². The molecule has 33 heavy (non-hydrogen) atoms. The SMILES string of the molecule is CC(C)Oc1nc2nc(C34COC(C)(C3)C4)cn2cc1C(=O)Nc1cnn2cccc(F)c12. The molecule has 6 heterocycles. The standard InChI is InChI=1S/C23H23FN6O3/c1-13(2)33-20-14(19(31)26-16-7-25-30-6-4-5-15(24)18(16)30)8-29-9-17(27-21(29)28-20)23-10-22(3,11-23)32-12-23/h4-9,13H,10-12H2,1-3H3,(H,26,31). The fourth-order valence-corrected chi connectivity index (χ4v) is 5.07. The normalized spacial score (nSPS) is 23.9. The van der Waals surface area contributed by atoms with Crippen molar-refractivity contribution in [3.63, 3.8) is 0 Å². The van der Waals surface area contributed by atoms with Gasteiger partial charge in [0.25, 0.3) is 5.91 Å². The number of carbonyl (C=O) groups excluding carboxylic acids is 1. The van der Waals surface area contributed by atoms with Crippen LogP contribution in [0.15, 0.2) is 36.9 Å². The van der Waals surface area contributed by atoms with Crippen LogP contribution in [0.5, 0.6) is 5.88 Å². The van der Waals surface area contributed by atoms with Crippen LogP contribution in [0.1, 0.15) is 49.7 Å². The molecule has 1 amide bonds. The predicted molar refractivity (Wildman–Crippen MR) is 117 cm³/mol. The largest absolute Gasteiger partial charge is 0.474 e. The minimum absolute atomic E-state index is 0.0656. The zero-order chi connectivity index (χ0) is 23.0. The summed E-state index contributed by atoms with van der Waals surface area (Å²) in [6.07, 6.45) is 8.22. The molecule has 0 aromatic carbocycles. The summed E-state index contributed by atoms with van der Waals surface area (Å²) in [5.74, 6) is -0.342. The van der Waals surface area contributed by atoms with Gasteiger partial charge in [-0.05, 0) is 45.7 Å². The van der Waals surface area contributed by atoms with E-state index in [1.165, 1.54) is 16.8 Å². The molecule has 2 aliphatic heterocycles. The maximum absolute atomic E-state index is 14.3. The van der Waals surface area contributed by atoms with Crippen LogP contribution in [-0.2, 0) is 10.2 Å². The Morgan fingerprint density at radius 2 is 2.12 bits per heavy atom. The van der Waals surface area contributed by atoms with Gasteiger partial charge < -0.3 is 14.8 Å². The van der Waals surface area contributed by atoms with Gasteiger partial charge in [-0.1, -0.05) is 0 Å². The van der Waals surface area contributed by atoms with Crippen molar-refractivity contribution in [2.24, 2.45) is 0 Å². The van der Waals surface area contributed by atoms with Crippen LogP contribution < -0.4 is 10.1 Å². The summed E-state index contributed by atoms with van der Waals surface area (Å²) in [6.45, 7) is 6.47. The second kappa shape index (κ2) is 6.74. The molecule has 4 aromatic rings. The molecule has 1 saturated carbocycles. The Bertz CT molecular complexity index is 1420. The molecule has 1 N–H and O–H groups in total. The lowest BCUT2D eigenvalue weighted by Crippen LogP contribution is -2.45. The molecule has 4 aromatic heterocycles. The van der Waals surface area contributed by atoms with Crippen molar-refractivity contribution in [3.05, 3.63) is 54.0 Å². The summed E-state index contributed by atoms with van der Waals surface area (Å²) in [4.78, 5) is 22.5. The first-order valence-electron chi connectivity index (χ1n) is 10.9. The smallest absolute Gasteiger partial charge is 0.262 e. The zero-order valence-electron chi connectivity index (χ0n) is 18.5. The third kappa shape index (κ3) is 3.08. The number of nitrogens with one attached hydrogen (secondary N) is 1. The molecule has 1 aliphatic carbocycles. The topological polar surface area (TPSA) is 95.0 Å². The third-order valence-electron chi connectivity index (χ3n) is 6.41. The lowest BCUT2D eigenvalue weighted by atomic mass is 9.62. The van der Waals surface area contributed by atoms with Crippen LogP contribution in [0.4, 0.5) is 10.1 Å². The number of hydrogen-bond donors (Lipinski definition) is 1. The number of carbonyl (C=O) groups is 1. The van der Waals surface area contributed by atoms with Gasteiger partial charge in [-0.25, -0.2) is 13.9 Å². The Morgan fingerprint density at radius 3 is 2.85 bits per heavy atom. The minimum Gasteiger partial charge on any atom is -0.474 e. The number of anilines is 1. The summed E-state index contributed by atoms with van der Waals surface area (Å²) in [5.41, 5.74) is 1.40. The molecule has 3 fully saturated rings. The van der Waals surface area contributed by atoms with Crippen LogP contribution in [-0.4, -0.2) is 48.2 Å². The first kappa shape index (κ1) is 20.1. The van der Waals surface area contributed by atoms with E-state index in [4.69, 9.17) is 14.5 Å². The fraction of sp³-hybridized carbons (Fsp3) is 0.391. The van der Waals surface area contributed by atoms with E-state index in [9.17, 15) is 9.18 Å². The highest BCUT2D eigenvalue weighted by Gasteiger charge is 2.61. The second-order valence-electron chi connectivity index (χ2n) is 9.49. The van der Waals surface area contributed by atoms with Crippen LogP contribution in [0.3, 0.4) is 0 Å². The molecular weight excluding hydrogens is 427 g/mol. The van der Waals surface area contributed by atoms with Gasteiger partial charge in [-0.2, -0.15) is 10.1 Å². The molecule has 0 atom stereocenters. The summed E-state index contributed by atoms with van der Waals surface area (Å²) in [6, 6.07) is 2.86. The summed E-state index contributed by atoms with van der Waals surface area (Å²) >= 11 is 0. The predicted octanol–water partition coefficient (Wildman–Crippen LogP) is 3.38. The van der Waals surface area contributed by atoms with E-state index in [2.05, 4.69) is 22.3 Å². The molecule has 9 nitrogen and oxygen atoms in total. The maximum Gasteiger partial charge on any atom is 0.262 e. The number of pyridine rings is 1. The average molecular weight is 450 g/mol. The fourth-order valence-electron chi connectivity index (χ4n) is 5.07. The minimum atomic E-state index is -0.484. The highest BCUT2D eigenvalue weighted by molar-refractivity contribution is 6.07. The summed E-state index contributed by atoms with van der Waals surface area (Å²) in [7, 11) is 0.